The minimum atomic E-state index is 0.186. The van der Waals surface area contributed by atoms with Crippen LogP contribution in [0.25, 0.3) is 28.2 Å². The first kappa shape index (κ1) is 24.4. The molecule has 0 N–H and O–H groups in total. The maximum absolute atomic E-state index is 13.7. The molecule has 0 unspecified atom stereocenters. The van der Waals surface area contributed by atoms with E-state index < -0.39 is 0 Å². The van der Waals surface area contributed by atoms with Gasteiger partial charge in [0.1, 0.15) is 5.82 Å². The summed E-state index contributed by atoms with van der Waals surface area (Å²) in [4.78, 5) is 28.5. The molecule has 0 amide bonds. The second-order valence-electron chi connectivity index (χ2n) is 11.2. The first-order valence-corrected chi connectivity index (χ1v) is 14.1. The van der Waals surface area contributed by atoms with Gasteiger partial charge in [0, 0.05) is 49.5 Å². The van der Waals surface area contributed by atoms with Crippen molar-refractivity contribution in [3.8, 4) is 22.5 Å². The molecule has 1 aromatic carbocycles. The molecule has 4 aromatic rings. The fourth-order valence-corrected chi connectivity index (χ4v) is 6.69. The second kappa shape index (κ2) is 9.84. The molecule has 0 saturated carbocycles. The number of hydrogen-bond acceptors (Lipinski definition) is 7. The Bertz CT molecular complexity index is 1500. The third-order valence-corrected chi connectivity index (χ3v) is 8.98. The van der Waals surface area contributed by atoms with E-state index in [9.17, 15) is 4.79 Å². The molecule has 0 bridgehead atoms. The first-order valence-electron chi connectivity index (χ1n) is 14.1. The number of benzene rings is 1. The molecule has 8 nitrogen and oxygen atoms in total. The lowest BCUT2D eigenvalue weighted by atomic mass is 9.87. The second-order valence-corrected chi connectivity index (χ2v) is 11.2. The zero-order chi connectivity index (χ0) is 26.4. The molecule has 6 heterocycles. The van der Waals surface area contributed by atoms with Crippen molar-refractivity contribution in [2.75, 3.05) is 38.2 Å². The minimum absolute atomic E-state index is 0.186. The molecule has 7 rings (SSSR count). The lowest BCUT2D eigenvalue weighted by molar-refractivity contribution is 0.0783. The highest BCUT2D eigenvalue weighted by molar-refractivity contribution is 5.98. The number of Topliss-reactive ketones (excluding diaryl/α,β-unsaturated/α-hetero) is 1. The predicted octanol–water partition coefficient (Wildman–Crippen LogP) is 4.88. The van der Waals surface area contributed by atoms with Crippen LogP contribution in [0.5, 0.6) is 0 Å². The standard InChI is InChI=1S/C31H34N6O2/c1-39-24-20-35(21-24)29-18-23(28(38)9-13-31-11-5-14-36(31)15-6-12-31)17-27(33-29)25-19-32-37-16-10-26(34-30(25)37)22-7-3-2-4-8-22/h2-4,7-8,10,16-19,24H,5-6,9,11-15,20-21H2,1H3. The number of ether oxygens (including phenoxy) is 1. The lowest BCUT2D eigenvalue weighted by Gasteiger charge is -2.39. The number of carbonyl (C=O) groups excluding carboxylic acids is 1. The number of carbonyl (C=O) groups is 1. The topological polar surface area (TPSA) is 75.9 Å². The first-order chi connectivity index (χ1) is 19.1. The number of methoxy groups -OCH3 is 1. The van der Waals surface area contributed by atoms with Gasteiger partial charge in [-0.05, 0) is 63.4 Å². The van der Waals surface area contributed by atoms with Gasteiger partial charge in [-0.2, -0.15) is 5.10 Å². The number of nitrogens with zero attached hydrogens (tertiary/aromatic N) is 6. The van der Waals surface area contributed by atoms with Gasteiger partial charge in [-0.15, -0.1) is 0 Å². The molecule has 39 heavy (non-hydrogen) atoms. The Morgan fingerprint density at radius 2 is 1.82 bits per heavy atom. The molecular formula is C31H34N6O2. The molecule has 3 aromatic heterocycles. The van der Waals surface area contributed by atoms with Crippen LogP contribution in [0.1, 0.15) is 48.9 Å². The minimum Gasteiger partial charge on any atom is -0.378 e. The Labute approximate surface area is 228 Å². The maximum Gasteiger partial charge on any atom is 0.164 e. The zero-order valence-electron chi connectivity index (χ0n) is 22.4. The third-order valence-electron chi connectivity index (χ3n) is 8.98. The Balaban J connectivity index is 1.23. The molecule has 8 heteroatoms. The van der Waals surface area contributed by atoms with Crippen molar-refractivity contribution in [1.29, 1.82) is 0 Å². The van der Waals surface area contributed by atoms with Gasteiger partial charge in [0.2, 0.25) is 0 Å². The van der Waals surface area contributed by atoms with Gasteiger partial charge in [-0.1, -0.05) is 30.3 Å². The summed E-state index contributed by atoms with van der Waals surface area (Å²) in [6.07, 6.45) is 10.4. The van der Waals surface area contributed by atoms with Crippen molar-refractivity contribution in [3.05, 3.63) is 66.5 Å². The number of ketones is 1. The van der Waals surface area contributed by atoms with Gasteiger partial charge in [-0.25, -0.2) is 14.5 Å². The van der Waals surface area contributed by atoms with E-state index >= 15 is 0 Å². The van der Waals surface area contributed by atoms with E-state index in [0.717, 1.165) is 53.5 Å². The summed E-state index contributed by atoms with van der Waals surface area (Å²) in [5.74, 6) is 0.996. The summed E-state index contributed by atoms with van der Waals surface area (Å²) in [5.41, 5.74) is 5.15. The normalized spacial score (nSPS) is 18.9. The lowest BCUT2D eigenvalue weighted by Crippen LogP contribution is -2.52. The number of aromatic nitrogens is 4. The molecule has 200 valence electrons. The molecule has 0 aliphatic carbocycles. The fraction of sp³-hybridized carbons (Fsp3) is 0.419. The highest BCUT2D eigenvalue weighted by Gasteiger charge is 2.43. The quantitative estimate of drug-likeness (QED) is 0.305. The summed E-state index contributed by atoms with van der Waals surface area (Å²) in [6, 6.07) is 16.0. The van der Waals surface area contributed by atoms with Crippen LogP contribution in [-0.2, 0) is 4.74 Å². The van der Waals surface area contributed by atoms with Crippen molar-refractivity contribution in [2.45, 2.75) is 50.2 Å². The Hall–Kier alpha value is -3.62. The van der Waals surface area contributed by atoms with Gasteiger partial charge < -0.3 is 9.64 Å². The molecule has 3 aliphatic heterocycles. The molecular weight excluding hydrogens is 488 g/mol. The van der Waals surface area contributed by atoms with Gasteiger partial charge in [0.05, 0.1) is 29.3 Å². The number of fused-ring (bicyclic) bond motifs is 2. The number of hydrogen-bond donors (Lipinski definition) is 0. The van der Waals surface area contributed by atoms with Crippen LogP contribution >= 0.6 is 0 Å². The number of pyridine rings is 1. The maximum atomic E-state index is 13.7. The van der Waals surface area contributed by atoms with Crippen molar-refractivity contribution in [1.82, 2.24) is 24.5 Å². The van der Waals surface area contributed by atoms with Gasteiger partial charge in [0.15, 0.2) is 11.4 Å². The van der Waals surface area contributed by atoms with Crippen molar-refractivity contribution in [2.24, 2.45) is 0 Å². The van der Waals surface area contributed by atoms with E-state index in [2.05, 4.69) is 27.0 Å². The summed E-state index contributed by atoms with van der Waals surface area (Å²) in [7, 11) is 1.74. The number of anilines is 1. The van der Waals surface area contributed by atoms with E-state index in [4.69, 9.17) is 14.7 Å². The highest BCUT2D eigenvalue weighted by atomic mass is 16.5. The molecule has 3 fully saturated rings. The molecule has 0 radical (unpaired) electrons. The predicted molar refractivity (Wildman–Crippen MR) is 151 cm³/mol. The van der Waals surface area contributed by atoms with Crippen LogP contribution in [0.3, 0.4) is 0 Å². The van der Waals surface area contributed by atoms with E-state index in [1.165, 1.54) is 38.8 Å². The number of rotatable bonds is 8. The summed E-state index contributed by atoms with van der Waals surface area (Å²) in [5, 5.41) is 4.55. The van der Waals surface area contributed by atoms with Crippen molar-refractivity contribution in [3.63, 3.8) is 0 Å². The SMILES string of the molecule is COC1CN(c2cc(C(=O)CCC34CCCN3CCC4)cc(-c3cnn4ccc(-c5ccccc5)nc34)n2)C1. The summed E-state index contributed by atoms with van der Waals surface area (Å²) in [6.45, 7) is 3.90. The van der Waals surface area contributed by atoms with E-state index in [-0.39, 0.29) is 17.4 Å². The van der Waals surface area contributed by atoms with E-state index in [1.54, 1.807) is 17.8 Å². The average molecular weight is 523 g/mol. The van der Waals surface area contributed by atoms with E-state index in [0.29, 0.717) is 12.0 Å². The molecule has 0 atom stereocenters. The van der Waals surface area contributed by atoms with Gasteiger partial charge in [0.25, 0.3) is 0 Å². The average Bonchev–Trinajstić information content (AvgIpc) is 3.65. The van der Waals surface area contributed by atoms with Crippen LogP contribution in [-0.4, -0.2) is 75.2 Å². The fourth-order valence-electron chi connectivity index (χ4n) is 6.69. The molecule has 0 spiro atoms. The highest BCUT2D eigenvalue weighted by Crippen LogP contribution is 2.42. The van der Waals surface area contributed by atoms with Gasteiger partial charge in [-0.3, -0.25) is 9.69 Å². The van der Waals surface area contributed by atoms with Crippen LogP contribution in [0, 0.1) is 0 Å². The van der Waals surface area contributed by atoms with Crippen molar-refractivity contribution >= 4 is 17.2 Å². The summed E-state index contributed by atoms with van der Waals surface area (Å²) < 4.78 is 7.28. The smallest absolute Gasteiger partial charge is 0.164 e. The Morgan fingerprint density at radius 3 is 2.59 bits per heavy atom. The Kier molecular flexibility index (Phi) is 6.16. The Morgan fingerprint density at radius 1 is 1.03 bits per heavy atom. The van der Waals surface area contributed by atoms with Crippen LogP contribution in [0.4, 0.5) is 5.82 Å². The van der Waals surface area contributed by atoms with Crippen LogP contribution < -0.4 is 4.90 Å². The third kappa shape index (κ3) is 4.41. The molecule has 3 aliphatic rings. The molecule has 3 saturated heterocycles. The largest absolute Gasteiger partial charge is 0.378 e. The summed E-state index contributed by atoms with van der Waals surface area (Å²) >= 11 is 0. The van der Waals surface area contributed by atoms with Crippen LogP contribution in [0.15, 0.2) is 60.9 Å². The van der Waals surface area contributed by atoms with Crippen LogP contribution in [0.2, 0.25) is 0 Å². The zero-order valence-corrected chi connectivity index (χ0v) is 22.4. The van der Waals surface area contributed by atoms with Crippen molar-refractivity contribution < 1.29 is 9.53 Å². The monoisotopic (exact) mass is 522 g/mol. The van der Waals surface area contributed by atoms with Gasteiger partial charge >= 0.3 is 0 Å². The van der Waals surface area contributed by atoms with E-state index in [1.807, 2.05) is 42.6 Å².